The van der Waals surface area contributed by atoms with Crippen LogP contribution < -0.4 is 4.74 Å². The summed E-state index contributed by atoms with van der Waals surface area (Å²) in [6, 6.07) is 9.89. The summed E-state index contributed by atoms with van der Waals surface area (Å²) in [5.41, 5.74) is 4.16. The lowest BCUT2D eigenvalue weighted by atomic mass is 10.1. The van der Waals surface area contributed by atoms with Gasteiger partial charge >= 0.3 is 0 Å². The van der Waals surface area contributed by atoms with Gasteiger partial charge in [0.1, 0.15) is 11.5 Å². The average Bonchev–Trinajstić information content (AvgIpc) is 2.38. The predicted molar refractivity (Wildman–Crippen MR) is 81.7 cm³/mol. The molecule has 3 heteroatoms. The Morgan fingerprint density at radius 1 is 0.947 bits per heavy atom. The van der Waals surface area contributed by atoms with Gasteiger partial charge in [-0.15, -0.1) is 11.6 Å². The molecule has 100 valence electrons. The van der Waals surface area contributed by atoms with Gasteiger partial charge in [0.15, 0.2) is 0 Å². The van der Waals surface area contributed by atoms with Gasteiger partial charge in [-0.05, 0) is 61.2 Å². The van der Waals surface area contributed by atoms with Crippen LogP contribution in [0.5, 0.6) is 11.5 Å². The van der Waals surface area contributed by atoms with Crippen molar-refractivity contribution in [1.82, 2.24) is 0 Å². The van der Waals surface area contributed by atoms with Crippen molar-refractivity contribution in [3.05, 3.63) is 57.6 Å². The lowest BCUT2D eigenvalue weighted by Gasteiger charge is -2.12. The van der Waals surface area contributed by atoms with E-state index < -0.39 is 0 Å². The number of aryl methyl sites for hydroxylation is 3. The fraction of sp³-hybridized carbons (Fsp3) is 0.250. The summed E-state index contributed by atoms with van der Waals surface area (Å²) in [5.74, 6) is 2.11. The van der Waals surface area contributed by atoms with E-state index in [1.54, 1.807) is 0 Å². The third-order valence-electron chi connectivity index (χ3n) is 3.04. The molecule has 2 aromatic rings. The van der Waals surface area contributed by atoms with Crippen molar-refractivity contribution in [2.24, 2.45) is 0 Å². The number of halogens is 2. The maximum absolute atomic E-state index is 6.16. The zero-order chi connectivity index (χ0) is 14.0. The first kappa shape index (κ1) is 14.2. The van der Waals surface area contributed by atoms with Crippen molar-refractivity contribution < 1.29 is 4.74 Å². The summed E-state index contributed by atoms with van der Waals surface area (Å²) < 4.78 is 5.95. The Hall–Kier alpha value is -1.18. The Balaban J connectivity index is 2.36. The number of hydrogen-bond donors (Lipinski definition) is 0. The number of benzene rings is 2. The first-order valence-corrected chi connectivity index (χ1v) is 7.02. The van der Waals surface area contributed by atoms with Crippen LogP contribution in [0, 0.1) is 20.8 Å². The molecule has 19 heavy (non-hydrogen) atoms. The molecule has 0 saturated heterocycles. The van der Waals surface area contributed by atoms with E-state index in [0.717, 1.165) is 38.8 Å². The molecule has 2 rings (SSSR count). The summed E-state index contributed by atoms with van der Waals surface area (Å²) in [6.07, 6.45) is 0. The monoisotopic (exact) mass is 294 g/mol. The van der Waals surface area contributed by atoms with Crippen molar-refractivity contribution in [2.45, 2.75) is 26.7 Å². The van der Waals surface area contributed by atoms with Crippen LogP contribution in [-0.4, -0.2) is 0 Å². The quantitative estimate of drug-likeness (QED) is 0.650. The predicted octanol–water partition coefficient (Wildman–Crippen LogP) is 5.80. The van der Waals surface area contributed by atoms with Crippen LogP contribution >= 0.6 is 23.2 Å². The molecule has 0 heterocycles. The van der Waals surface area contributed by atoms with E-state index in [0.29, 0.717) is 5.88 Å². The lowest BCUT2D eigenvalue weighted by molar-refractivity contribution is 0.477. The Morgan fingerprint density at radius 3 is 2.16 bits per heavy atom. The third kappa shape index (κ3) is 3.23. The van der Waals surface area contributed by atoms with Crippen LogP contribution in [0.4, 0.5) is 0 Å². The molecule has 0 amide bonds. The van der Waals surface area contributed by atoms with Crippen molar-refractivity contribution >= 4 is 23.2 Å². The number of ether oxygens (including phenoxy) is 1. The fourth-order valence-electron chi connectivity index (χ4n) is 1.93. The number of hydrogen-bond acceptors (Lipinski definition) is 1. The maximum Gasteiger partial charge on any atom is 0.130 e. The number of alkyl halides is 1. The summed E-state index contributed by atoms with van der Waals surface area (Å²) in [6.45, 7) is 5.97. The molecule has 1 nitrogen and oxygen atoms in total. The SMILES string of the molecule is Cc1ccc(CCl)cc1Oc1cc(C)c(Cl)c(C)c1. The van der Waals surface area contributed by atoms with Crippen LogP contribution in [0.25, 0.3) is 0 Å². The van der Waals surface area contributed by atoms with E-state index in [-0.39, 0.29) is 0 Å². The van der Waals surface area contributed by atoms with Crippen LogP contribution in [0.15, 0.2) is 30.3 Å². The second-order valence-corrected chi connectivity index (χ2v) is 5.35. The minimum Gasteiger partial charge on any atom is -0.457 e. The molecule has 0 aliphatic carbocycles. The minimum absolute atomic E-state index is 0.481. The van der Waals surface area contributed by atoms with E-state index >= 15 is 0 Å². The molecule has 2 aromatic carbocycles. The molecular weight excluding hydrogens is 279 g/mol. The second-order valence-electron chi connectivity index (χ2n) is 4.71. The molecule has 0 radical (unpaired) electrons. The Morgan fingerprint density at radius 2 is 1.58 bits per heavy atom. The van der Waals surface area contributed by atoms with Gasteiger partial charge in [-0.2, -0.15) is 0 Å². The zero-order valence-electron chi connectivity index (χ0n) is 11.3. The van der Waals surface area contributed by atoms with Gasteiger partial charge < -0.3 is 4.74 Å². The maximum atomic E-state index is 6.16. The molecule has 0 N–H and O–H groups in total. The molecule has 0 unspecified atom stereocenters. The van der Waals surface area contributed by atoms with Gasteiger partial charge in [-0.3, -0.25) is 0 Å². The molecule has 0 aliphatic rings. The molecule has 0 saturated carbocycles. The van der Waals surface area contributed by atoms with E-state index in [9.17, 15) is 0 Å². The van der Waals surface area contributed by atoms with Gasteiger partial charge in [0.2, 0.25) is 0 Å². The molecule has 0 fully saturated rings. The molecule has 0 aliphatic heterocycles. The van der Waals surface area contributed by atoms with Crippen LogP contribution in [-0.2, 0) is 5.88 Å². The smallest absolute Gasteiger partial charge is 0.130 e. The summed E-state index contributed by atoms with van der Waals surface area (Å²) in [7, 11) is 0. The largest absolute Gasteiger partial charge is 0.457 e. The second kappa shape index (κ2) is 5.85. The Kier molecular flexibility index (Phi) is 4.38. The Bertz CT molecular complexity index is 583. The molecule has 0 aromatic heterocycles. The molecule has 0 atom stereocenters. The van der Waals surface area contributed by atoms with Crippen molar-refractivity contribution in [3.8, 4) is 11.5 Å². The first-order valence-electron chi connectivity index (χ1n) is 6.11. The zero-order valence-corrected chi connectivity index (χ0v) is 12.8. The third-order valence-corrected chi connectivity index (χ3v) is 3.95. The fourth-order valence-corrected chi connectivity index (χ4v) is 2.20. The molecule has 0 bridgehead atoms. The van der Waals surface area contributed by atoms with Crippen LogP contribution in [0.2, 0.25) is 5.02 Å². The summed E-state index contributed by atoms with van der Waals surface area (Å²) in [4.78, 5) is 0. The average molecular weight is 295 g/mol. The standard InChI is InChI=1S/C16H16Cl2O/c1-10-4-5-13(9-17)8-15(10)19-14-6-11(2)16(18)12(3)7-14/h4-8H,9H2,1-3H3. The topological polar surface area (TPSA) is 9.23 Å². The van der Waals surface area contributed by atoms with E-state index in [2.05, 4.69) is 0 Å². The van der Waals surface area contributed by atoms with Crippen LogP contribution in [0.3, 0.4) is 0 Å². The van der Waals surface area contributed by atoms with Gasteiger partial charge in [-0.1, -0.05) is 23.7 Å². The van der Waals surface area contributed by atoms with Gasteiger partial charge in [0.25, 0.3) is 0 Å². The van der Waals surface area contributed by atoms with Crippen molar-refractivity contribution in [1.29, 1.82) is 0 Å². The lowest BCUT2D eigenvalue weighted by Crippen LogP contribution is -1.91. The Labute approximate surface area is 124 Å². The summed E-state index contributed by atoms with van der Waals surface area (Å²) >= 11 is 12.0. The van der Waals surface area contributed by atoms with E-state index in [1.807, 2.05) is 51.1 Å². The van der Waals surface area contributed by atoms with Gasteiger partial charge in [0.05, 0.1) is 0 Å². The van der Waals surface area contributed by atoms with Crippen molar-refractivity contribution in [3.63, 3.8) is 0 Å². The molecule has 0 spiro atoms. The van der Waals surface area contributed by atoms with E-state index in [4.69, 9.17) is 27.9 Å². The highest BCUT2D eigenvalue weighted by Crippen LogP contribution is 2.31. The minimum atomic E-state index is 0.481. The summed E-state index contributed by atoms with van der Waals surface area (Å²) in [5, 5.41) is 0.790. The van der Waals surface area contributed by atoms with E-state index in [1.165, 1.54) is 0 Å². The highest BCUT2D eigenvalue weighted by atomic mass is 35.5. The first-order chi connectivity index (χ1) is 9.01. The van der Waals surface area contributed by atoms with Gasteiger partial charge in [0, 0.05) is 10.9 Å². The van der Waals surface area contributed by atoms with Crippen LogP contribution in [0.1, 0.15) is 22.3 Å². The molecular formula is C16H16Cl2O. The van der Waals surface area contributed by atoms with Gasteiger partial charge in [-0.25, -0.2) is 0 Å². The highest BCUT2D eigenvalue weighted by Gasteiger charge is 2.07. The number of rotatable bonds is 3. The normalized spacial score (nSPS) is 10.6. The highest BCUT2D eigenvalue weighted by molar-refractivity contribution is 6.32. The van der Waals surface area contributed by atoms with Crippen molar-refractivity contribution in [2.75, 3.05) is 0 Å².